The van der Waals surface area contributed by atoms with E-state index in [1.807, 2.05) is 0 Å². The molecular weight excluding hydrogens is 272 g/mol. The third-order valence-corrected chi connectivity index (χ3v) is 3.60. The Balaban J connectivity index is 1.70. The summed E-state index contributed by atoms with van der Waals surface area (Å²) in [5, 5.41) is 9.78. The number of hydrogen-bond donors (Lipinski definition) is 2. The van der Waals surface area contributed by atoms with Crippen LogP contribution in [0.3, 0.4) is 0 Å². The number of anilines is 1. The molecule has 0 bridgehead atoms. The van der Waals surface area contributed by atoms with Crippen molar-refractivity contribution in [3.8, 4) is 0 Å². The van der Waals surface area contributed by atoms with E-state index < -0.39 is 0 Å². The van der Waals surface area contributed by atoms with Crippen LogP contribution in [0, 0.1) is 6.92 Å². The van der Waals surface area contributed by atoms with E-state index in [-0.39, 0.29) is 11.7 Å². The second-order valence-electron chi connectivity index (χ2n) is 5.37. The van der Waals surface area contributed by atoms with Gasteiger partial charge in [0.1, 0.15) is 11.6 Å². The van der Waals surface area contributed by atoms with Crippen molar-refractivity contribution < 1.29 is 4.74 Å². The first-order valence-corrected chi connectivity index (χ1v) is 7.15. The molecule has 8 heteroatoms. The van der Waals surface area contributed by atoms with Crippen LogP contribution in [-0.2, 0) is 4.74 Å². The summed E-state index contributed by atoms with van der Waals surface area (Å²) in [7, 11) is 0. The highest BCUT2D eigenvalue weighted by molar-refractivity contribution is 5.50. The van der Waals surface area contributed by atoms with E-state index in [9.17, 15) is 4.79 Å². The van der Waals surface area contributed by atoms with Crippen LogP contribution >= 0.6 is 0 Å². The van der Waals surface area contributed by atoms with Crippen LogP contribution in [0.15, 0.2) is 10.9 Å². The van der Waals surface area contributed by atoms with Crippen molar-refractivity contribution in [1.82, 2.24) is 24.5 Å². The molecule has 3 heterocycles. The Morgan fingerprint density at radius 1 is 1.48 bits per heavy atom. The van der Waals surface area contributed by atoms with E-state index in [2.05, 4.69) is 32.3 Å². The molecule has 2 aromatic heterocycles. The number of hydrogen-bond acceptors (Lipinski definition) is 6. The number of nitrogens with one attached hydrogen (secondary N) is 2. The van der Waals surface area contributed by atoms with Crippen molar-refractivity contribution in [3.63, 3.8) is 0 Å². The van der Waals surface area contributed by atoms with E-state index in [0.29, 0.717) is 11.5 Å². The highest BCUT2D eigenvalue weighted by atomic mass is 16.5. The molecule has 0 spiro atoms. The van der Waals surface area contributed by atoms with Crippen molar-refractivity contribution in [2.45, 2.75) is 19.9 Å². The summed E-state index contributed by atoms with van der Waals surface area (Å²) in [5.74, 6) is 1.35. The number of morpholine rings is 1. The second-order valence-corrected chi connectivity index (χ2v) is 5.37. The van der Waals surface area contributed by atoms with E-state index in [0.717, 1.165) is 38.7 Å². The molecule has 1 atom stereocenters. The molecular formula is C13H20N6O2. The number of nitrogens with zero attached hydrogens (tertiary/aromatic N) is 4. The third-order valence-electron chi connectivity index (χ3n) is 3.60. The second kappa shape index (κ2) is 5.82. The standard InChI is InChI=1S/C13H20N6O2/c1-9(8-18-3-5-21-6-4-18)14-11-7-12-16-17-13(20)19(12)10(2)15-11/h7,9,14H,3-6,8H2,1-2H3,(H,17,20). The lowest BCUT2D eigenvalue weighted by atomic mass is 10.3. The number of aromatic amines is 1. The van der Waals surface area contributed by atoms with Gasteiger partial charge in [0.2, 0.25) is 0 Å². The largest absolute Gasteiger partial charge is 0.379 e. The van der Waals surface area contributed by atoms with Crippen LogP contribution < -0.4 is 11.0 Å². The van der Waals surface area contributed by atoms with Crippen LogP contribution in [-0.4, -0.2) is 63.4 Å². The molecule has 1 unspecified atom stereocenters. The first kappa shape index (κ1) is 14.0. The maximum atomic E-state index is 11.6. The zero-order valence-electron chi connectivity index (χ0n) is 12.3. The number of H-pyrrole nitrogens is 1. The lowest BCUT2D eigenvalue weighted by Crippen LogP contribution is -2.42. The fourth-order valence-corrected chi connectivity index (χ4v) is 2.64. The van der Waals surface area contributed by atoms with Gasteiger partial charge in [0, 0.05) is 31.7 Å². The molecule has 21 heavy (non-hydrogen) atoms. The van der Waals surface area contributed by atoms with E-state index in [1.165, 1.54) is 4.40 Å². The minimum absolute atomic E-state index is 0.253. The van der Waals surface area contributed by atoms with E-state index in [1.54, 1.807) is 13.0 Å². The molecule has 0 radical (unpaired) electrons. The van der Waals surface area contributed by atoms with Gasteiger partial charge in [0.05, 0.1) is 13.2 Å². The fraction of sp³-hybridized carbons (Fsp3) is 0.615. The molecule has 2 aromatic rings. The van der Waals surface area contributed by atoms with Gasteiger partial charge in [-0.15, -0.1) is 0 Å². The molecule has 2 N–H and O–H groups in total. The van der Waals surface area contributed by atoms with Gasteiger partial charge in [0.15, 0.2) is 5.65 Å². The molecule has 1 aliphatic rings. The third kappa shape index (κ3) is 3.06. The minimum Gasteiger partial charge on any atom is -0.379 e. The van der Waals surface area contributed by atoms with Crippen molar-refractivity contribution in [2.75, 3.05) is 38.2 Å². The highest BCUT2D eigenvalue weighted by Crippen LogP contribution is 2.10. The Bertz CT molecular complexity index is 673. The molecule has 0 aromatic carbocycles. The SMILES string of the molecule is Cc1nc(NC(C)CN2CCOCC2)cc2n[nH]c(=O)n12. The Morgan fingerprint density at radius 2 is 2.24 bits per heavy atom. The van der Waals surface area contributed by atoms with Gasteiger partial charge in [-0.25, -0.2) is 19.3 Å². The van der Waals surface area contributed by atoms with E-state index >= 15 is 0 Å². The van der Waals surface area contributed by atoms with Gasteiger partial charge in [-0.3, -0.25) is 4.90 Å². The van der Waals surface area contributed by atoms with Crippen LogP contribution in [0.25, 0.3) is 5.65 Å². The topological polar surface area (TPSA) is 87.5 Å². The van der Waals surface area contributed by atoms with Gasteiger partial charge in [-0.1, -0.05) is 0 Å². The van der Waals surface area contributed by atoms with Crippen LogP contribution in [0.4, 0.5) is 5.82 Å². The monoisotopic (exact) mass is 292 g/mol. The normalized spacial score (nSPS) is 18.0. The molecule has 8 nitrogen and oxygen atoms in total. The molecule has 114 valence electrons. The Hall–Kier alpha value is -1.93. The predicted octanol–water partition coefficient (Wildman–Crippen LogP) is -0.141. The number of ether oxygens (including phenoxy) is 1. The average Bonchev–Trinajstić information content (AvgIpc) is 2.81. The van der Waals surface area contributed by atoms with Crippen LogP contribution in [0.2, 0.25) is 0 Å². The highest BCUT2D eigenvalue weighted by Gasteiger charge is 2.14. The molecule has 1 saturated heterocycles. The van der Waals surface area contributed by atoms with Crippen molar-refractivity contribution in [1.29, 1.82) is 0 Å². The number of rotatable bonds is 4. The fourth-order valence-electron chi connectivity index (χ4n) is 2.64. The Kier molecular flexibility index (Phi) is 3.89. The molecule has 1 fully saturated rings. The first-order valence-electron chi connectivity index (χ1n) is 7.15. The van der Waals surface area contributed by atoms with E-state index in [4.69, 9.17) is 4.74 Å². The summed E-state index contributed by atoms with van der Waals surface area (Å²) in [4.78, 5) is 18.3. The quantitative estimate of drug-likeness (QED) is 0.815. The zero-order valence-corrected chi connectivity index (χ0v) is 12.3. The number of fused-ring (bicyclic) bond motifs is 1. The van der Waals surface area contributed by atoms with Crippen molar-refractivity contribution in [2.24, 2.45) is 0 Å². The number of aryl methyl sites for hydroxylation is 1. The molecule has 1 aliphatic heterocycles. The summed E-state index contributed by atoms with van der Waals surface area (Å²) < 4.78 is 6.80. The Labute approximate surface area is 122 Å². The summed E-state index contributed by atoms with van der Waals surface area (Å²) in [6, 6.07) is 2.03. The lowest BCUT2D eigenvalue weighted by Gasteiger charge is -2.29. The average molecular weight is 292 g/mol. The van der Waals surface area contributed by atoms with Gasteiger partial charge in [-0.05, 0) is 13.8 Å². The smallest absolute Gasteiger partial charge is 0.349 e. The van der Waals surface area contributed by atoms with Gasteiger partial charge in [0.25, 0.3) is 0 Å². The lowest BCUT2D eigenvalue weighted by molar-refractivity contribution is 0.0368. The molecule has 0 saturated carbocycles. The predicted molar refractivity (Wildman–Crippen MR) is 78.7 cm³/mol. The van der Waals surface area contributed by atoms with Crippen LogP contribution in [0.5, 0.6) is 0 Å². The summed E-state index contributed by atoms with van der Waals surface area (Å²) >= 11 is 0. The van der Waals surface area contributed by atoms with Gasteiger partial charge in [-0.2, -0.15) is 5.10 Å². The maximum absolute atomic E-state index is 11.6. The molecule has 3 rings (SSSR count). The zero-order chi connectivity index (χ0) is 14.8. The summed E-state index contributed by atoms with van der Waals surface area (Å²) in [5.41, 5.74) is 0.316. The number of aromatic nitrogens is 4. The molecule has 0 amide bonds. The minimum atomic E-state index is -0.261. The van der Waals surface area contributed by atoms with Gasteiger partial charge < -0.3 is 10.1 Å². The van der Waals surface area contributed by atoms with Crippen molar-refractivity contribution >= 4 is 11.5 Å². The maximum Gasteiger partial charge on any atom is 0.349 e. The first-order chi connectivity index (χ1) is 10.1. The molecule has 0 aliphatic carbocycles. The summed E-state index contributed by atoms with van der Waals surface area (Å²) in [6.45, 7) is 8.37. The van der Waals surface area contributed by atoms with Crippen molar-refractivity contribution in [3.05, 3.63) is 22.4 Å². The summed E-state index contributed by atoms with van der Waals surface area (Å²) in [6.07, 6.45) is 0. The van der Waals surface area contributed by atoms with Crippen LogP contribution in [0.1, 0.15) is 12.7 Å². The van der Waals surface area contributed by atoms with Gasteiger partial charge >= 0.3 is 5.69 Å². The Morgan fingerprint density at radius 3 is 3.00 bits per heavy atom.